The average molecular weight is 386 g/mol. The first kappa shape index (κ1) is 18.2. The Labute approximate surface area is 155 Å². The number of nitro benzene ring substituents is 3. The van der Waals surface area contributed by atoms with Crippen LogP contribution in [0.4, 0.5) is 34.5 Å². The third kappa shape index (κ3) is 3.52. The molecule has 0 atom stereocenters. The lowest BCUT2D eigenvalue weighted by atomic mass is 10.2. The molecule has 3 rings (SSSR count). The molecule has 2 aromatic carbocycles. The molecule has 13 heteroatoms. The van der Waals surface area contributed by atoms with E-state index in [-0.39, 0.29) is 6.01 Å². The molecule has 0 fully saturated rings. The van der Waals surface area contributed by atoms with Crippen molar-refractivity contribution >= 4 is 34.5 Å². The number of nitrogens with one attached hydrogen (secondary N) is 1. The average Bonchev–Trinajstić information content (AvgIpc) is 3.20. The largest absolute Gasteiger partial charge is 0.431 e. The van der Waals surface area contributed by atoms with Gasteiger partial charge in [0.15, 0.2) is 0 Å². The van der Waals surface area contributed by atoms with Gasteiger partial charge >= 0.3 is 17.4 Å². The lowest BCUT2D eigenvalue weighted by molar-refractivity contribution is -0.402. The van der Waals surface area contributed by atoms with Crippen LogP contribution in [0.5, 0.6) is 0 Å². The molecule has 0 spiro atoms. The number of non-ortho nitro benzene ring substituents is 1. The second-order valence-corrected chi connectivity index (χ2v) is 5.23. The summed E-state index contributed by atoms with van der Waals surface area (Å²) in [6.45, 7) is 0. The highest BCUT2D eigenvalue weighted by molar-refractivity contribution is 5.83. The highest BCUT2D eigenvalue weighted by atomic mass is 16.6. The van der Waals surface area contributed by atoms with E-state index < -0.39 is 37.5 Å². The molecule has 142 valence electrons. The van der Waals surface area contributed by atoms with Crippen LogP contribution in [0, 0.1) is 30.3 Å². The van der Waals surface area contributed by atoms with E-state index in [1.165, 1.54) is 6.20 Å². The van der Waals surface area contributed by atoms with Gasteiger partial charge in [0.25, 0.3) is 5.69 Å². The van der Waals surface area contributed by atoms with Gasteiger partial charge in [-0.15, -0.1) is 0 Å². The van der Waals surface area contributed by atoms with Gasteiger partial charge in [-0.3, -0.25) is 35.8 Å². The van der Waals surface area contributed by atoms with E-state index >= 15 is 0 Å². The van der Waals surface area contributed by atoms with Crippen molar-refractivity contribution in [3.63, 3.8) is 0 Å². The molecule has 0 aliphatic carbocycles. The number of hydrogen-bond donors (Lipinski definition) is 1. The first-order valence-corrected chi connectivity index (χ1v) is 7.51. The maximum absolute atomic E-state index is 11.6. The first-order valence-electron chi connectivity index (χ1n) is 7.51. The van der Waals surface area contributed by atoms with E-state index in [2.05, 4.69) is 10.4 Å². The summed E-state index contributed by atoms with van der Waals surface area (Å²) in [6, 6.07) is 9.25. The van der Waals surface area contributed by atoms with Crippen LogP contribution in [0.2, 0.25) is 0 Å². The number of benzene rings is 2. The van der Waals surface area contributed by atoms with Gasteiger partial charge < -0.3 is 4.42 Å². The molecule has 0 amide bonds. The summed E-state index contributed by atoms with van der Waals surface area (Å²) in [7, 11) is 0. The summed E-state index contributed by atoms with van der Waals surface area (Å²) < 4.78 is 5.14. The fourth-order valence-electron chi connectivity index (χ4n) is 2.37. The molecule has 13 nitrogen and oxygen atoms in total. The molecule has 0 saturated heterocycles. The van der Waals surface area contributed by atoms with Crippen molar-refractivity contribution in [3.05, 3.63) is 85.3 Å². The molecule has 28 heavy (non-hydrogen) atoms. The van der Waals surface area contributed by atoms with Crippen LogP contribution in [0.3, 0.4) is 0 Å². The summed E-state index contributed by atoms with van der Waals surface area (Å²) in [5.41, 5.74) is 0.0212. The summed E-state index contributed by atoms with van der Waals surface area (Å²) in [4.78, 5) is 35.1. The third-order valence-electron chi connectivity index (χ3n) is 3.51. The Hall–Kier alpha value is -4.55. The quantitative estimate of drug-likeness (QED) is 0.467. The number of hydrogen-bond acceptors (Lipinski definition) is 10. The van der Waals surface area contributed by atoms with E-state index in [0.29, 0.717) is 17.8 Å². The van der Waals surface area contributed by atoms with Crippen LogP contribution in [-0.2, 0) is 0 Å². The highest BCUT2D eigenvalue weighted by Crippen LogP contribution is 2.43. The molecule has 0 unspecified atom stereocenters. The molecule has 1 aromatic heterocycles. The van der Waals surface area contributed by atoms with Crippen molar-refractivity contribution in [2.75, 3.05) is 10.4 Å². The molecular weight excluding hydrogens is 376 g/mol. The normalized spacial score (nSPS) is 10.3. The van der Waals surface area contributed by atoms with Crippen LogP contribution in [0.15, 0.2) is 59.3 Å². The molecule has 0 aliphatic heterocycles. The predicted octanol–water partition coefficient (Wildman–Crippen LogP) is 3.56. The number of anilines is 3. The Balaban J connectivity index is 2.27. The van der Waals surface area contributed by atoms with Gasteiger partial charge in [-0.2, -0.15) is 5.01 Å². The SMILES string of the molecule is O=[N+]([O-])c1cc([N+](=O)[O-])c(N(Nc2ccccc2)c2ncco2)c([N+](=O)[O-])c1. The van der Waals surface area contributed by atoms with Gasteiger partial charge in [-0.25, -0.2) is 4.98 Å². The molecule has 0 saturated carbocycles. The number of aromatic nitrogens is 1. The summed E-state index contributed by atoms with van der Waals surface area (Å²) >= 11 is 0. The minimum atomic E-state index is -0.960. The fraction of sp³-hybridized carbons (Fsp3) is 0. The standard InChI is InChI=1S/C15H10N6O7/c22-19(23)11-8-12(20(24)25)14(13(9-11)21(26)27)18(15-16-6-7-28-15)17-10-4-2-1-3-5-10/h1-9,17H. The van der Waals surface area contributed by atoms with Crippen molar-refractivity contribution < 1.29 is 19.2 Å². The Morgan fingerprint density at radius 1 is 0.929 bits per heavy atom. The van der Waals surface area contributed by atoms with Crippen LogP contribution in [0.25, 0.3) is 0 Å². The predicted molar refractivity (Wildman–Crippen MR) is 95.1 cm³/mol. The van der Waals surface area contributed by atoms with Crippen molar-refractivity contribution in [3.8, 4) is 0 Å². The number of nitrogens with zero attached hydrogens (tertiary/aromatic N) is 5. The van der Waals surface area contributed by atoms with Gasteiger partial charge in [0, 0.05) is 0 Å². The maximum atomic E-state index is 11.6. The van der Waals surface area contributed by atoms with E-state index in [1.807, 2.05) is 0 Å². The van der Waals surface area contributed by atoms with Gasteiger partial charge in [0.2, 0.25) is 5.69 Å². The summed E-state index contributed by atoms with van der Waals surface area (Å²) in [6.07, 6.45) is 2.40. The second kappa shape index (κ2) is 7.36. The van der Waals surface area contributed by atoms with E-state index in [1.54, 1.807) is 30.3 Å². The van der Waals surface area contributed by atoms with Crippen LogP contribution in [-0.4, -0.2) is 19.8 Å². The minimum absolute atomic E-state index is 0.246. The molecule has 3 aromatic rings. The fourth-order valence-corrected chi connectivity index (χ4v) is 2.37. The van der Waals surface area contributed by atoms with Crippen LogP contribution < -0.4 is 10.4 Å². The number of rotatable bonds is 7. The monoisotopic (exact) mass is 386 g/mol. The second-order valence-electron chi connectivity index (χ2n) is 5.23. The van der Waals surface area contributed by atoms with Crippen molar-refractivity contribution in [2.45, 2.75) is 0 Å². The van der Waals surface area contributed by atoms with Crippen molar-refractivity contribution in [2.24, 2.45) is 0 Å². The van der Waals surface area contributed by atoms with Gasteiger partial charge in [0.05, 0.1) is 38.8 Å². The lowest BCUT2D eigenvalue weighted by Gasteiger charge is -2.22. The molecule has 1 heterocycles. The smallest absolute Gasteiger partial charge is 0.321 e. The topological polar surface area (TPSA) is 171 Å². The maximum Gasteiger partial charge on any atom is 0.321 e. The lowest BCUT2D eigenvalue weighted by Crippen LogP contribution is -2.26. The van der Waals surface area contributed by atoms with E-state index in [0.717, 1.165) is 11.3 Å². The number of hydrazine groups is 1. The van der Waals surface area contributed by atoms with Crippen molar-refractivity contribution in [1.29, 1.82) is 0 Å². The minimum Gasteiger partial charge on any atom is -0.431 e. The highest BCUT2D eigenvalue weighted by Gasteiger charge is 2.36. The Bertz CT molecular complexity index is 1000. The first-order chi connectivity index (χ1) is 13.4. The summed E-state index contributed by atoms with van der Waals surface area (Å²) in [5, 5.41) is 35.0. The molecule has 0 radical (unpaired) electrons. The van der Waals surface area contributed by atoms with E-state index in [4.69, 9.17) is 4.42 Å². The third-order valence-corrected chi connectivity index (χ3v) is 3.51. The zero-order valence-corrected chi connectivity index (χ0v) is 13.8. The number of para-hydroxylation sites is 1. The number of oxazole rings is 1. The Kier molecular flexibility index (Phi) is 4.80. The van der Waals surface area contributed by atoms with Gasteiger partial charge in [0.1, 0.15) is 6.26 Å². The van der Waals surface area contributed by atoms with Crippen LogP contribution >= 0.6 is 0 Å². The number of nitro groups is 3. The van der Waals surface area contributed by atoms with Crippen molar-refractivity contribution in [1.82, 2.24) is 4.98 Å². The Morgan fingerprint density at radius 3 is 2.00 bits per heavy atom. The molecule has 0 bridgehead atoms. The molecule has 0 aliphatic rings. The van der Waals surface area contributed by atoms with E-state index in [9.17, 15) is 30.3 Å². The molecule has 1 N–H and O–H groups in total. The Morgan fingerprint density at radius 2 is 1.54 bits per heavy atom. The zero-order chi connectivity index (χ0) is 20.3. The van der Waals surface area contributed by atoms with Gasteiger partial charge in [-0.1, -0.05) is 18.2 Å². The zero-order valence-electron chi connectivity index (χ0n) is 13.8. The molecular formula is C15H10N6O7. The van der Waals surface area contributed by atoms with Gasteiger partial charge in [-0.05, 0) is 12.1 Å². The van der Waals surface area contributed by atoms with Crippen LogP contribution in [0.1, 0.15) is 0 Å². The summed E-state index contributed by atoms with van der Waals surface area (Å²) in [5.74, 6) is 0.